The molecule has 28 heavy (non-hydrogen) atoms. The lowest BCUT2D eigenvalue weighted by Crippen LogP contribution is -2.31. The van der Waals surface area contributed by atoms with Crippen molar-refractivity contribution >= 4 is 22.8 Å². The van der Waals surface area contributed by atoms with Crippen LogP contribution in [0.15, 0.2) is 53.6 Å². The predicted octanol–water partition coefficient (Wildman–Crippen LogP) is 2.87. The summed E-state index contributed by atoms with van der Waals surface area (Å²) in [5.74, 6) is -0.492. The van der Waals surface area contributed by atoms with E-state index in [1.807, 2.05) is 24.3 Å². The summed E-state index contributed by atoms with van der Waals surface area (Å²) in [6.07, 6.45) is 3.19. The molecule has 0 spiro atoms. The van der Waals surface area contributed by atoms with Gasteiger partial charge in [-0.2, -0.15) is 0 Å². The third-order valence-corrected chi connectivity index (χ3v) is 5.40. The number of carbonyl (C=O) groups excluding carboxylic acids is 2. The Morgan fingerprint density at radius 3 is 2.07 bits per heavy atom. The van der Waals surface area contributed by atoms with Crippen molar-refractivity contribution in [3.8, 4) is 11.4 Å². The van der Waals surface area contributed by atoms with E-state index in [-0.39, 0.29) is 24.1 Å². The van der Waals surface area contributed by atoms with Crippen molar-refractivity contribution in [2.75, 3.05) is 0 Å². The molecule has 0 unspecified atom stereocenters. The standard InChI is InChI=1S/C21H18N4O3/c26-19-13(12-24-20(27)14-7-1-2-8-15(14)21(24)28)6-5-11-18(19)25-22-16-9-3-4-10-17(16)23-25/h3-6,9-11,26H,1-2,7-8,12H2. The molecule has 1 aromatic heterocycles. The molecule has 0 fully saturated rings. The summed E-state index contributed by atoms with van der Waals surface area (Å²) in [4.78, 5) is 28.0. The predicted molar refractivity (Wildman–Crippen MR) is 102 cm³/mol. The number of benzene rings is 2. The average Bonchev–Trinajstić information content (AvgIpc) is 3.25. The van der Waals surface area contributed by atoms with Crippen LogP contribution in [0, 0.1) is 0 Å². The Morgan fingerprint density at radius 1 is 0.857 bits per heavy atom. The van der Waals surface area contributed by atoms with E-state index in [1.165, 1.54) is 9.70 Å². The van der Waals surface area contributed by atoms with E-state index >= 15 is 0 Å². The first-order valence-electron chi connectivity index (χ1n) is 9.35. The molecule has 1 aliphatic carbocycles. The number of para-hydroxylation sites is 1. The van der Waals surface area contributed by atoms with E-state index in [0.717, 1.165) is 12.8 Å². The third-order valence-electron chi connectivity index (χ3n) is 5.40. The van der Waals surface area contributed by atoms with Crippen LogP contribution in [0.4, 0.5) is 0 Å². The molecule has 2 aliphatic rings. The van der Waals surface area contributed by atoms with Crippen LogP contribution in [0.1, 0.15) is 31.2 Å². The first-order chi connectivity index (χ1) is 13.6. The number of carbonyl (C=O) groups is 2. The van der Waals surface area contributed by atoms with E-state index in [2.05, 4.69) is 10.2 Å². The molecule has 7 heteroatoms. The Labute approximate surface area is 160 Å². The average molecular weight is 374 g/mol. The minimum atomic E-state index is -0.229. The highest BCUT2D eigenvalue weighted by Gasteiger charge is 2.39. The van der Waals surface area contributed by atoms with Crippen LogP contribution in [0.25, 0.3) is 16.7 Å². The molecule has 2 aromatic carbocycles. The van der Waals surface area contributed by atoms with E-state index in [4.69, 9.17) is 0 Å². The van der Waals surface area contributed by atoms with Crippen LogP contribution in [0.2, 0.25) is 0 Å². The molecule has 0 atom stereocenters. The number of rotatable bonds is 3. The van der Waals surface area contributed by atoms with Crippen LogP contribution in [-0.2, 0) is 16.1 Å². The molecular weight excluding hydrogens is 356 g/mol. The second-order valence-corrected chi connectivity index (χ2v) is 7.12. The fourth-order valence-corrected chi connectivity index (χ4v) is 3.94. The van der Waals surface area contributed by atoms with Gasteiger partial charge in [0, 0.05) is 16.7 Å². The fourth-order valence-electron chi connectivity index (χ4n) is 3.94. The van der Waals surface area contributed by atoms with Crippen molar-refractivity contribution in [1.82, 2.24) is 19.9 Å². The normalized spacial score (nSPS) is 16.9. The van der Waals surface area contributed by atoms with Crippen molar-refractivity contribution in [2.45, 2.75) is 32.2 Å². The Kier molecular flexibility index (Phi) is 3.75. The number of hydrogen-bond donors (Lipinski definition) is 1. The quantitative estimate of drug-likeness (QED) is 0.712. The van der Waals surface area contributed by atoms with Crippen LogP contribution < -0.4 is 0 Å². The number of aromatic hydroxyl groups is 1. The molecule has 0 saturated carbocycles. The molecule has 2 amide bonds. The SMILES string of the molecule is O=C1C2=C(CCCC2)C(=O)N1Cc1cccc(-n2nc3ccccc3n2)c1O. The molecule has 5 rings (SSSR count). The molecule has 0 bridgehead atoms. The zero-order valence-corrected chi connectivity index (χ0v) is 15.1. The number of nitrogens with zero attached hydrogens (tertiary/aromatic N) is 4. The van der Waals surface area contributed by atoms with Crippen molar-refractivity contribution in [1.29, 1.82) is 0 Å². The Balaban J connectivity index is 1.48. The van der Waals surface area contributed by atoms with Gasteiger partial charge in [0.05, 0.1) is 6.54 Å². The monoisotopic (exact) mass is 374 g/mol. The summed E-state index contributed by atoms with van der Waals surface area (Å²) in [5.41, 5.74) is 3.62. The first-order valence-corrected chi connectivity index (χ1v) is 9.35. The van der Waals surface area contributed by atoms with Gasteiger partial charge in [0.1, 0.15) is 22.5 Å². The lowest BCUT2D eigenvalue weighted by Gasteiger charge is -2.17. The first kappa shape index (κ1) is 16.7. The van der Waals surface area contributed by atoms with Gasteiger partial charge in [-0.3, -0.25) is 14.5 Å². The lowest BCUT2D eigenvalue weighted by molar-refractivity contribution is -0.138. The molecule has 0 radical (unpaired) electrons. The van der Waals surface area contributed by atoms with E-state index < -0.39 is 0 Å². The van der Waals surface area contributed by atoms with Gasteiger partial charge < -0.3 is 5.11 Å². The molecule has 2 heterocycles. The summed E-state index contributed by atoms with van der Waals surface area (Å²) < 4.78 is 0. The van der Waals surface area contributed by atoms with Gasteiger partial charge in [0.25, 0.3) is 11.8 Å². The van der Waals surface area contributed by atoms with E-state index in [9.17, 15) is 14.7 Å². The second-order valence-electron chi connectivity index (χ2n) is 7.12. The van der Waals surface area contributed by atoms with Crippen molar-refractivity contribution < 1.29 is 14.7 Å². The molecule has 0 saturated heterocycles. The van der Waals surface area contributed by atoms with Crippen molar-refractivity contribution in [3.05, 3.63) is 59.2 Å². The second kappa shape index (κ2) is 6.30. The van der Waals surface area contributed by atoms with Gasteiger partial charge in [0.2, 0.25) is 0 Å². The van der Waals surface area contributed by atoms with Crippen molar-refractivity contribution in [3.63, 3.8) is 0 Å². The number of amides is 2. The molecule has 1 N–H and O–H groups in total. The smallest absolute Gasteiger partial charge is 0.257 e. The maximum Gasteiger partial charge on any atom is 0.257 e. The molecule has 7 nitrogen and oxygen atoms in total. The summed E-state index contributed by atoms with van der Waals surface area (Å²) in [5, 5.41) is 19.6. The van der Waals surface area contributed by atoms with Gasteiger partial charge in [0.15, 0.2) is 0 Å². The zero-order chi connectivity index (χ0) is 19.3. The van der Waals surface area contributed by atoms with E-state index in [0.29, 0.717) is 46.3 Å². The minimum absolute atomic E-state index is 0.0329. The van der Waals surface area contributed by atoms with Crippen LogP contribution >= 0.6 is 0 Å². The minimum Gasteiger partial charge on any atom is -0.505 e. The summed E-state index contributed by atoms with van der Waals surface area (Å²) in [6, 6.07) is 12.6. The van der Waals surface area contributed by atoms with Crippen LogP contribution in [0.5, 0.6) is 5.75 Å². The Hall–Kier alpha value is -3.48. The topological polar surface area (TPSA) is 88.3 Å². The number of imide groups is 1. The van der Waals surface area contributed by atoms with Gasteiger partial charge in [-0.1, -0.05) is 24.3 Å². The Bertz CT molecular complexity index is 1100. The van der Waals surface area contributed by atoms with Crippen LogP contribution in [0.3, 0.4) is 0 Å². The van der Waals surface area contributed by atoms with Gasteiger partial charge >= 0.3 is 0 Å². The number of hydrogen-bond acceptors (Lipinski definition) is 5. The van der Waals surface area contributed by atoms with Crippen LogP contribution in [-0.4, -0.2) is 36.8 Å². The highest BCUT2D eigenvalue weighted by molar-refractivity contribution is 6.19. The molecular formula is C21H18N4O3. The largest absolute Gasteiger partial charge is 0.505 e. The van der Waals surface area contributed by atoms with Gasteiger partial charge in [-0.05, 0) is 43.9 Å². The molecule has 3 aromatic rings. The summed E-state index contributed by atoms with van der Waals surface area (Å²) >= 11 is 0. The fraction of sp³-hybridized carbons (Fsp3) is 0.238. The maximum absolute atomic E-state index is 12.7. The third kappa shape index (κ3) is 2.51. The maximum atomic E-state index is 12.7. The highest BCUT2D eigenvalue weighted by Crippen LogP contribution is 2.35. The lowest BCUT2D eigenvalue weighted by atomic mass is 9.93. The summed E-state index contributed by atoms with van der Waals surface area (Å²) in [7, 11) is 0. The van der Waals surface area contributed by atoms with Gasteiger partial charge in [-0.15, -0.1) is 15.0 Å². The van der Waals surface area contributed by atoms with Gasteiger partial charge in [-0.25, -0.2) is 0 Å². The number of aromatic nitrogens is 3. The molecule has 140 valence electrons. The zero-order valence-electron chi connectivity index (χ0n) is 15.1. The Morgan fingerprint density at radius 2 is 1.46 bits per heavy atom. The number of phenolic OH excluding ortho intramolecular Hbond substituents is 1. The number of fused-ring (bicyclic) bond motifs is 1. The highest BCUT2D eigenvalue weighted by atomic mass is 16.3. The van der Waals surface area contributed by atoms with E-state index in [1.54, 1.807) is 18.2 Å². The summed E-state index contributed by atoms with van der Waals surface area (Å²) in [6.45, 7) is 0.0329. The number of phenols is 1. The molecule has 1 aliphatic heterocycles. The van der Waals surface area contributed by atoms with Crippen molar-refractivity contribution in [2.24, 2.45) is 0 Å².